The minimum absolute atomic E-state index is 0.294. The van der Waals surface area contributed by atoms with Gasteiger partial charge < -0.3 is 10.6 Å². The van der Waals surface area contributed by atoms with Gasteiger partial charge in [0, 0.05) is 23.5 Å². The molecule has 0 saturated heterocycles. The van der Waals surface area contributed by atoms with E-state index in [0.717, 1.165) is 0 Å². The van der Waals surface area contributed by atoms with Crippen LogP contribution in [0.1, 0.15) is 115 Å². The van der Waals surface area contributed by atoms with Gasteiger partial charge in [0.15, 0.2) is 0 Å². The van der Waals surface area contributed by atoms with Crippen molar-refractivity contribution in [3.8, 4) is 0 Å². The molecular weight excluding hydrogens is 364 g/mol. The highest BCUT2D eigenvalue weighted by atomic mass is 15.0. The number of para-hydroxylation sites is 2. The van der Waals surface area contributed by atoms with Gasteiger partial charge in [-0.25, -0.2) is 0 Å². The lowest BCUT2D eigenvalue weighted by atomic mass is 9.91. The average molecular weight is 409 g/mol. The summed E-state index contributed by atoms with van der Waals surface area (Å²) in [5.41, 5.74) is 8.28. The fourth-order valence-corrected chi connectivity index (χ4v) is 4.14. The molecule has 2 N–H and O–H groups in total. The van der Waals surface area contributed by atoms with Gasteiger partial charge in [-0.3, -0.25) is 0 Å². The van der Waals surface area contributed by atoms with Crippen LogP contribution < -0.4 is 10.6 Å². The van der Waals surface area contributed by atoms with Crippen LogP contribution in [0.5, 0.6) is 0 Å². The fraction of sp³-hybridized carbons (Fsp3) is 0.571. The second-order valence-electron chi connectivity index (χ2n) is 10.1. The van der Waals surface area contributed by atoms with Crippen LogP contribution >= 0.6 is 0 Å². The Kier molecular flexibility index (Phi) is 8.41. The van der Waals surface area contributed by atoms with Crippen molar-refractivity contribution < 1.29 is 0 Å². The summed E-state index contributed by atoms with van der Waals surface area (Å²) in [6, 6.07) is 14.1. The van der Waals surface area contributed by atoms with Crippen molar-refractivity contribution in [1.82, 2.24) is 0 Å². The third-order valence-corrected chi connectivity index (χ3v) is 6.24. The molecule has 0 aliphatic heterocycles. The summed E-state index contributed by atoms with van der Waals surface area (Å²) in [5.74, 6) is 1.98. The van der Waals surface area contributed by atoms with Crippen molar-refractivity contribution in [3.63, 3.8) is 0 Å². The third kappa shape index (κ3) is 5.59. The summed E-state index contributed by atoms with van der Waals surface area (Å²) in [5, 5.41) is 7.79. The van der Waals surface area contributed by atoms with Gasteiger partial charge >= 0.3 is 0 Å². The van der Waals surface area contributed by atoms with E-state index >= 15 is 0 Å². The first kappa shape index (κ1) is 24.3. The zero-order chi connectivity index (χ0) is 22.6. The predicted molar refractivity (Wildman–Crippen MR) is 135 cm³/mol. The smallest absolute Gasteiger partial charge is 0.0432 e. The number of hydrogen-bond acceptors (Lipinski definition) is 2. The SMILES string of the molecule is CC(C)c1cccc(C(C)C)c1N[C@@H](C)[C@@H](C)Nc1c(C(C)C)cccc1C(C)C. The van der Waals surface area contributed by atoms with Crippen molar-refractivity contribution in [1.29, 1.82) is 0 Å². The lowest BCUT2D eigenvalue weighted by Crippen LogP contribution is -2.36. The quantitative estimate of drug-likeness (QED) is 0.434. The number of anilines is 2. The fourth-order valence-electron chi connectivity index (χ4n) is 4.14. The molecule has 0 heterocycles. The Morgan fingerprint density at radius 2 is 0.667 bits per heavy atom. The van der Waals surface area contributed by atoms with Gasteiger partial charge in [-0.15, -0.1) is 0 Å². The molecule has 0 aliphatic rings. The molecule has 2 aromatic carbocycles. The second kappa shape index (κ2) is 10.4. The van der Waals surface area contributed by atoms with Crippen LogP contribution in [0, 0.1) is 0 Å². The van der Waals surface area contributed by atoms with Crippen molar-refractivity contribution >= 4 is 11.4 Å². The van der Waals surface area contributed by atoms with E-state index in [9.17, 15) is 0 Å². The molecule has 0 saturated carbocycles. The molecule has 0 aliphatic carbocycles. The molecule has 0 spiro atoms. The highest BCUT2D eigenvalue weighted by Gasteiger charge is 2.21. The van der Waals surface area contributed by atoms with E-state index in [0.29, 0.717) is 35.8 Å². The van der Waals surface area contributed by atoms with Crippen molar-refractivity contribution in [3.05, 3.63) is 58.7 Å². The third-order valence-electron chi connectivity index (χ3n) is 6.24. The molecule has 30 heavy (non-hydrogen) atoms. The van der Waals surface area contributed by atoms with Crippen LogP contribution in [-0.2, 0) is 0 Å². The average Bonchev–Trinajstić information content (AvgIpc) is 2.67. The summed E-state index contributed by atoms with van der Waals surface area (Å²) in [4.78, 5) is 0. The maximum atomic E-state index is 3.90. The Morgan fingerprint density at radius 1 is 0.433 bits per heavy atom. The number of rotatable bonds is 9. The number of hydrogen-bond donors (Lipinski definition) is 2. The van der Waals surface area contributed by atoms with Crippen LogP contribution in [0.3, 0.4) is 0 Å². The Balaban J connectivity index is 2.34. The maximum Gasteiger partial charge on any atom is 0.0432 e. The lowest BCUT2D eigenvalue weighted by molar-refractivity contribution is 0.667. The Bertz CT molecular complexity index is 695. The normalized spacial score (nSPS) is 13.9. The Morgan fingerprint density at radius 3 is 0.867 bits per heavy atom. The minimum Gasteiger partial charge on any atom is -0.380 e. The van der Waals surface area contributed by atoms with E-state index in [1.807, 2.05) is 0 Å². The zero-order valence-corrected chi connectivity index (χ0v) is 20.9. The molecular formula is C28H44N2. The molecule has 0 bridgehead atoms. The Hall–Kier alpha value is -1.96. The molecule has 0 fully saturated rings. The van der Waals surface area contributed by atoms with E-state index in [1.54, 1.807) is 0 Å². The summed E-state index contributed by atoms with van der Waals surface area (Å²) < 4.78 is 0. The number of nitrogens with one attached hydrogen (secondary N) is 2. The molecule has 0 unspecified atom stereocenters. The van der Waals surface area contributed by atoms with Gasteiger partial charge in [-0.05, 0) is 59.8 Å². The van der Waals surface area contributed by atoms with Crippen molar-refractivity contribution in [2.24, 2.45) is 0 Å². The van der Waals surface area contributed by atoms with Crippen LogP contribution in [0.2, 0.25) is 0 Å². The van der Waals surface area contributed by atoms with E-state index in [2.05, 4.69) is 116 Å². The predicted octanol–water partition coefficient (Wildman–Crippen LogP) is 8.48. The molecule has 166 valence electrons. The molecule has 2 rings (SSSR count). The van der Waals surface area contributed by atoms with Gasteiger partial charge in [0.25, 0.3) is 0 Å². The zero-order valence-electron chi connectivity index (χ0n) is 20.9. The van der Waals surface area contributed by atoms with Crippen LogP contribution in [-0.4, -0.2) is 12.1 Å². The van der Waals surface area contributed by atoms with Crippen molar-refractivity contribution in [2.45, 2.75) is 105 Å². The molecule has 2 aromatic rings. The second-order valence-corrected chi connectivity index (χ2v) is 10.1. The highest BCUT2D eigenvalue weighted by Crippen LogP contribution is 2.35. The van der Waals surface area contributed by atoms with E-state index in [1.165, 1.54) is 33.6 Å². The molecule has 0 aromatic heterocycles. The van der Waals surface area contributed by atoms with Crippen molar-refractivity contribution in [2.75, 3.05) is 10.6 Å². The van der Waals surface area contributed by atoms with Gasteiger partial charge in [0.1, 0.15) is 0 Å². The van der Waals surface area contributed by atoms with Gasteiger partial charge in [0.05, 0.1) is 0 Å². The van der Waals surface area contributed by atoms with E-state index in [-0.39, 0.29) is 0 Å². The molecule has 2 nitrogen and oxygen atoms in total. The first-order chi connectivity index (χ1) is 14.0. The van der Waals surface area contributed by atoms with Gasteiger partial charge in [-0.2, -0.15) is 0 Å². The monoisotopic (exact) mass is 408 g/mol. The standard InChI is InChI=1S/C28H44N2/c1-17(2)23-13-11-14-24(18(3)4)27(23)29-21(9)22(10)30-28-25(19(5)6)15-12-16-26(28)20(7)8/h11-22,29-30H,1-10H3/t21-,22+. The van der Waals surface area contributed by atoms with E-state index in [4.69, 9.17) is 0 Å². The largest absolute Gasteiger partial charge is 0.380 e. The molecule has 0 amide bonds. The molecule has 2 heteroatoms. The summed E-state index contributed by atoms with van der Waals surface area (Å²) in [6.45, 7) is 22.9. The highest BCUT2D eigenvalue weighted by molar-refractivity contribution is 5.63. The van der Waals surface area contributed by atoms with Crippen LogP contribution in [0.15, 0.2) is 36.4 Å². The van der Waals surface area contributed by atoms with Gasteiger partial charge in [0.2, 0.25) is 0 Å². The summed E-state index contributed by atoms with van der Waals surface area (Å²) >= 11 is 0. The Labute approximate surface area is 185 Å². The van der Waals surface area contributed by atoms with Crippen LogP contribution in [0.25, 0.3) is 0 Å². The topological polar surface area (TPSA) is 24.1 Å². The molecule has 2 atom stereocenters. The van der Waals surface area contributed by atoms with E-state index < -0.39 is 0 Å². The first-order valence-corrected chi connectivity index (χ1v) is 11.8. The minimum atomic E-state index is 0.294. The maximum absolute atomic E-state index is 3.90. The molecule has 0 radical (unpaired) electrons. The van der Waals surface area contributed by atoms with Crippen LogP contribution in [0.4, 0.5) is 11.4 Å². The lowest BCUT2D eigenvalue weighted by Gasteiger charge is -2.31. The first-order valence-electron chi connectivity index (χ1n) is 11.8. The summed E-state index contributed by atoms with van der Waals surface area (Å²) in [7, 11) is 0. The summed E-state index contributed by atoms with van der Waals surface area (Å²) in [6.07, 6.45) is 0. The number of benzene rings is 2. The van der Waals surface area contributed by atoms with Gasteiger partial charge in [-0.1, -0.05) is 91.8 Å².